The van der Waals surface area contributed by atoms with E-state index in [9.17, 15) is 9.59 Å². The van der Waals surface area contributed by atoms with Gasteiger partial charge in [-0.05, 0) is 19.3 Å². The largest absolute Gasteiger partial charge is 0.462 e. The molecule has 0 aromatic rings. The Hall–Kier alpha value is -1.12. The number of carbonyl (C=O) groups excluding carboxylic acids is 2. The summed E-state index contributed by atoms with van der Waals surface area (Å²) < 4.78 is 5.13. The van der Waals surface area contributed by atoms with E-state index in [-0.39, 0.29) is 23.8 Å². The predicted octanol–water partition coefficient (Wildman–Crippen LogP) is 2.25. The van der Waals surface area contributed by atoms with Crippen molar-refractivity contribution >= 4 is 11.8 Å². The van der Waals surface area contributed by atoms with Crippen molar-refractivity contribution in [2.75, 3.05) is 0 Å². The number of rotatable bonds is 4. The van der Waals surface area contributed by atoms with Crippen LogP contribution in [0.15, 0.2) is 12.2 Å². The maximum absolute atomic E-state index is 11.5. The van der Waals surface area contributed by atoms with Gasteiger partial charge in [0.25, 0.3) is 0 Å². The molecule has 1 aliphatic rings. The predicted molar refractivity (Wildman–Crippen MR) is 57.3 cm³/mol. The zero-order valence-corrected chi connectivity index (χ0v) is 9.36. The molecule has 0 N–H and O–H groups in total. The second-order valence-electron chi connectivity index (χ2n) is 3.87. The fourth-order valence-corrected chi connectivity index (χ4v) is 1.93. The van der Waals surface area contributed by atoms with Crippen LogP contribution in [0, 0.1) is 5.92 Å². The van der Waals surface area contributed by atoms with Crippen LogP contribution in [-0.2, 0) is 14.3 Å². The van der Waals surface area contributed by atoms with Crippen molar-refractivity contribution in [1.29, 1.82) is 0 Å². The Labute approximate surface area is 90.5 Å². The van der Waals surface area contributed by atoms with Gasteiger partial charge in [-0.2, -0.15) is 0 Å². The smallest absolute Gasteiger partial charge is 0.302 e. The number of esters is 1. The Morgan fingerprint density at radius 2 is 2.27 bits per heavy atom. The van der Waals surface area contributed by atoms with Crippen molar-refractivity contribution in [3.63, 3.8) is 0 Å². The SMILES string of the molecule is CC/C=C/CC1C(=O)CCC1OC(C)=O. The molecule has 2 unspecified atom stereocenters. The highest BCUT2D eigenvalue weighted by Gasteiger charge is 2.35. The second-order valence-corrected chi connectivity index (χ2v) is 3.87. The molecule has 0 aromatic heterocycles. The molecule has 1 rings (SSSR count). The average Bonchev–Trinajstić information content (AvgIpc) is 2.49. The average molecular weight is 210 g/mol. The van der Waals surface area contributed by atoms with Gasteiger partial charge in [0.15, 0.2) is 0 Å². The first kappa shape index (κ1) is 12.0. The first-order chi connectivity index (χ1) is 7.15. The Morgan fingerprint density at radius 1 is 1.53 bits per heavy atom. The van der Waals surface area contributed by atoms with Crippen molar-refractivity contribution in [2.45, 2.75) is 45.6 Å². The summed E-state index contributed by atoms with van der Waals surface area (Å²) in [5.41, 5.74) is 0. The zero-order chi connectivity index (χ0) is 11.3. The molecule has 3 heteroatoms. The minimum atomic E-state index is -0.292. The lowest BCUT2D eigenvalue weighted by molar-refractivity contribution is -0.148. The van der Waals surface area contributed by atoms with Crippen molar-refractivity contribution in [3.05, 3.63) is 12.2 Å². The van der Waals surface area contributed by atoms with E-state index in [0.29, 0.717) is 19.3 Å². The van der Waals surface area contributed by atoms with Gasteiger partial charge in [-0.1, -0.05) is 19.1 Å². The number of carbonyl (C=O) groups is 2. The molecule has 1 fully saturated rings. The summed E-state index contributed by atoms with van der Waals surface area (Å²) in [6, 6.07) is 0. The molecule has 3 nitrogen and oxygen atoms in total. The third kappa shape index (κ3) is 3.50. The van der Waals surface area contributed by atoms with E-state index < -0.39 is 0 Å². The third-order valence-corrected chi connectivity index (χ3v) is 2.65. The summed E-state index contributed by atoms with van der Waals surface area (Å²) in [4.78, 5) is 22.4. The van der Waals surface area contributed by atoms with Crippen molar-refractivity contribution in [1.82, 2.24) is 0 Å². The van der Waals surface area contributed by atoms with Crippen LogP contribution >= 0.6 is 0 Å². The number of ether oxygens (including phenoxy) is 1. The van der Waals surface area contributed by atoms with E-state index in [4.69, 9.17) is 4.74 Å². The molecule has 0 spiro atoms. The van der Waals surface area contributed by atoms with Gasteiger partial charge in [-0.15, -0.1) is 0 Å². The normalized spacial score (nSPS) is 26.1. The molecule has 0 aliphatic heterocycles. The standard InChI is InChI=1S/C12H18O3/c1-3-4-5-6-10-11(14)7-8-12(10)15-9(2)13/h4-5,10,12H,3,6-8H2,1-2H3/b5-4+. The van der Waals surface area contributed by atoms with Gasteiger partial charge < -0.3 is 4.74 Å². The molecule has 0 heterocycles. The highest BCUT2D eigenvalue weighted by atomic mass is 16.5. The van der Waals surface area contributed by atoms with Gasteiger partial charge in [0.05, 0.1) is 5.92 Å². The fraction of sp³-hybridized carbons (Fsp3) is 0.667. The highest BCUT2D eigenvalue weighted by molar-refractivity contribution is 5.84. The van der Waals surface area contributed by atoms with Crippen LogP contribution in [0.5, 0.6) is 0 Å². The molecule has 15 heavy (non-hydrogen) atoms. The lowest BCUT2D eigenvalue weighted by Gasteiger charge is -2.16. The van der Waals surface area contributed by atoms with E-state index >= 15 is 0 Å². The maximum Gasteiger partial charge on any atom is 0.302 e. The molecule has 84 valence electrons. The van der Waals surface area contributed by atoms with E-state index in [0.717, 1.165) is 6.42 Å². The molecule has 0 aromatic carbocycles. The molecule has 0 radical (unpaired) electrons. The third-order valence-electron chi connectivity index (χ3n) is 2.65. The molecule has 0 bridgehead atoms. The summed E-state index contributed by atoms with van der Waals surface area (Å²) in [6.07, 6.45) is 6.74. The lowest BCUT2D eigenvalue weighted by atomic mass is 10.0. The lowest BCUT2D eigenvalue weighted by Crippen LogP contribution is -2.23. The minimum absolute atomic E-state index is 0.114. The number of allylic oxidation sites excluding steroid dienone is 2. The van der Waals surface area contributed by atoms with Crippen molar-refractivity contribution in [3.8, 4) is 0 Å². The fourth-order valence-electron chi connectivity index (χ4n) is 1.93. The summed E-state index contributed by atoms with van der Waals surface area (Å²) in [6.45, 7) is 3.44. The summed E-state index contributed by atoms with van der Waals surface area (Å²) in [5.74, 6) is -0.183. The topological polar surface area (TPSA) is 43.4 Å². The first-order valence-corrected chi connectivity index (χ1v) is 5.50. The van der Waals surface area contributed by atoms with Gasteiger partial charge >= 0.3 is 5.97 Å². The molecule has 0 amide bonds. The molecule has 0 saturated heterocycles. The molecule has 2 atom stereocenters. The molecular formula is C12H18O3. The zero-order valence-electron chi connectivity index (χ0n) is 9.36. The Kier molecular flexibility index (Phi) is 4.53. The number of hydrogen-bond donors (Lipinski definition) is 0. The van der Waals surface area contributed by atoms with Gasteiger partial charge in [0.1, 0.15) is 11.9 Å². The van der Waals surface area contributed by atoms with Crippen LogP contribution in [0.3, 0.4) is 0 Å². The number of ketones is 1. The van der Waals surface area contributed by atoms with Crippen LogP contribution in [-0.4, -0.2) is 17.9 Å². The van der Waals surface area contributed by atoms with Crippen LogP contribution in [0.4, 0.5) is 0 Å². The van der Waals surface area contributed by atoms with E-state index in [1.165, 1.54) is 6.92 Å². The maximum atomic E-state index is 11.5. The van der Waals surface area contributed by atoms with Gasteiger partial charge in [-0.25, -0.2) is 0 Å². The van der Waals surface area contributed by atoms with Crippen LogP contribution in [0.25, 0.3) is 0 Å². The van der Waals surface area contributed by atoms with Crippen molar-refractivity contribution < 1.29 is 14.3 Å². The molecule has 1 saturated carbocycles. The summed E-state index contributed by atoms with van der Waals surface area (Å²) >= 11 is 0. The van der Waals surface area contributed by atoms with Crippen LogP contribution in [0.1, 0.15) is 39.5 Å². The second kappa shape index (κ2) is 5.69. The van der Waals surface area contributed by atoms with E-state index in [1.54, 1.807) is 0 Å². The Balaban J connectivity index is 2.52. The summed E-state index contributed by atoms with van der Waals surface area (Å²) in [7, 11) is 0. The Morgan fingerprint density at radius 3 is 2.87 bits per heavy atom. The minimum Gasteiger partial charge on any atom is -0.462 e. The van der Waals surface area contributed by atoms with Crippen molar-refractivity contribution in [2.24, 2.45) is 5.92 Å². The van der Waals surface area contributed by atoms with E-state index in [1.807, 2.05) is 12.2 Å². The van der Waals surface area contributed by atoms with Gasteiger partial charge in [0, 0.05) is 13.3 Å². The monoisotopic (exact) mass is 210 g/mol. The van der Waals surface area contributed by atoms with Gasteiger partial charge in [-0.3, -0.25) is 9.59 Å². The Bertz CT molecular complexity index is 268. The van der Waals surface area contributed by atoms with Gasteiger partial charge in [0.2, 0.25) is 0 Å². The molecular weight excluding hydrogens is 192 g/mol. The number of Topliss-reactive ketones (excluding diaryl/α,β-unsaturated/α-hetero) is 1. The van der Waals surface area contributed by atoms with E-state index in [2.05, 4.69) is 6.92 Å². The van der Waals surface area contributed by atoms with Crippen LogP contribution in [0.2, 0.25) is 0 Å². The first-order valence-electron chi connectivity index (χ1n) is 5.50. The summed E-state index contributed by atoms with van der Waals surface area (Å²) in [5, 5.41) is 0. The van der Waals surface area contributed by atoms with Crippen LogP contribution < -0.4 is 0 Å². The quantitative estimate of drug-likeness (QED) is 0.528. The number of hydrogen-bond acceptors (Lipinski definition) is 3. The molecule has 1 aliphatic carbocycles. The highest BCUT2D eigenvalue weighted by Crippen LogP contribution is 2.28.